The van der Waals surface area contributed by atoms with Gasteiger partial charge in [-0.05, 0) is 34.4 Å². The van der Waals surface area contributed by atoms with Gasteiger partial charge in [0.2, 0.25) is 0 Å². The molecule has 0 aliphatic carbocycles. The van der Waals surface area contributed by atoms with E-state index in [-0.39, 0.29) is 18.2 Å². The number of thiophene rings is 2. The Labute approximate surface area is 324 Å². The second-order valence-corrected chi connectivity index (χ2v) is 15.7. The van der Waals surface area contributed by atoms with Crippen LogP contribution in [-0.2, 0) is 17.2 Å². The molecule has 264 valence electrons. The zero-order valence-electron chi connectivity index (χ0n) is 28.1. The van der Waals surface area contributed by atoms with Crippen LogP contribution in [0.2, 0.25) is 10.0 Å². The van der Waals surface area contributed by atoms with Gasteiger partial charge in [0.05, 0.1) is 46.8 Å². The van der Waals surface area contributed by atoms with Gasteiger partial charge in [-0.25, -0.2) is 0 Å². The van der Waals surface area contributed by atoms with Crippen molar-refractivity contribution in [2.45, 2.75) is 36.8 Å². The summed E-state index contributed by atoms with van der Waals surface area (Å²) in [5.41, 5.74) is 5.24. The first-order valence-electron chi connectivity index (χ1n) is 17.0. The average Bonchev–Trinajstić information content (AvgIpc) is 3.77. The fraction of sp³-hybridized carbons (Fsp3) is 0.238. The summed E-state index contributed by atoms with van der Waals surface area (Å²) in [6.07, 6.45) is 0.121. The second kappa shape index (κ2) is 19.2. The Morgan fingerprint density at radius 1 is 0.588 bits per heavy atom. The molecular weight excluding hydrogens is 735 g/mol. The van der Waals surface area contributed by atoms with Crippen molar-refractivity contribution in [2.75, 3.05) is 26.2 Å². The van der Waals surface area contributed by atoms with Gasteiger partial charge in [-0.2, -0.15) is 0 Å². The van der Waals surface area contributed by atoms with Crippen molar-refractivity contribution in [3.8, 4) is 0 Å². The average molecular weight is 776 g/mol. The largest absolute Gasteiger partial charge is 0.390 e. The van der Waals surface area contributed by atoms with Gasteiger partial charge in [-0.3, -0.25) is 9.80 Å². The van der Waals surface area contributed by atoms with E-state index in [0.717, 1.165) is 41.1 Å². The highest BCUT2D eigenvalue weighted by Gasteiger charge is 2.35. The van der Waals surface area contributed by atoms with E-state index in [1.54, 1.807) is 22.7 Å². The summed E-state index contributed by atoms with van der Waals surface area (Å²) in [5, 5.41) is 14.9. The Morgan fingerprint density at radius 3 is 1.27 bits per heavy atom. The van der Waals surface area contributed by atoms with Crippen LogP contribution in [0.15, 0.2) is 144 Å². The highest BCUT2D eigenvalue weighted by molar-refractivity contribution is 7.10. The standard InChI is InChI=1S/C21H20ClNOS.C16H17NO.C5H4Cl2S/c22-18-11-20(25-15-18)14-24-19-12-23(13-19)21(16-7-3-1-4-8-16)17-9-5-2-6-10-17;18-15-11-17(12-15)16(13-7-3-1-4-8-13)14-9-5-2-6-10-14;6-2-5-1-4(7)3-8-5/h1-11,15,19,21H,12-14H2;1-10,15-16,18H,11-12H2;1,3H,2H2. The van der Waals surface area contributed by atoms with E-state index in [0.29, 0.717) is 18.5 Å². The van der Waals surface area contributed by atoms with Crippen LogP contribution in [0.25, 0.3) is 0 Å². The summed E-state index contributed by atoms with van der Waals surface area (Å²) in [4.78, 5) is 7.11. The Hall–Kier alpha value is -3.01. The lowest BCUT2D eigenvalue weighted by Crippen LogP contribution is -2.53. The van der Waals surface area contributed by atoms with E-state index in [1.165, 1.54) is 27.1 Å². The maximum absolute atomic E-state index is 9.52. The van der Waals surface area contributed by atoms with Crippen LogP contribution in [0.1, 0.15) is 44.1 Å². The van der Waals surface area contributed by atoms with E-state index >= 15 is 0 Å². The van der Waals surface area contributed by atoms with Gasteiger partial charge in [-0.15, -0.1) is 34.3 Å². The van der Waals surface area contributed by atoms with Crippen LogP contribution in [0.4, 0.5) is 0 Å². The van der Waals surface area contributed by atoms with Gasteiger partial charge in [0, 0.05) is 46.7 Å². The molecule has 2 saturated heterocycles. The van der Waals surface area contributed by atoms with Crippen LogP contribution < -0.4 is 0 Å². The zero-order valence-corrected chi connectivity index (χ0v) is 32.0. The summed E-state index contributed by atoms with van der Waals surface area (Å²) in [7, 11) is 0. The number of alkyl halides is 1. The normalized spacial score (nSPS) is 15.0. The molecule has 2 aromatic heterocycles. The van der Waals surface area contributed by atoms with Gasteiger partial charge >= 0.3 is 0 Å². The number of likely N-dealkylation sites (tertiary alicyclic amines) is 2. The van der Waals surface area contributed by atoms with Crippen LogP contribution in [-0.4, -0.2) is 53.3 Å². The second-order valence-electron chi connectivity index (χ2n) is 12.5. The number of hydrogen-bond acceptors (Lipinski definition) is 6. The number of benzene rings is 4. The highest BCUT2D eigenvalue weighted by Crippen LogP contribution is 2.34. The van der Waals surface area contributed by atoms with Gasteiger partial charge < -0.3 is 9.84 Å². The Bertz CT molecular complexity index is 1780. The topological polar surface area (TPSA) is 35.9 Å². The molecule has 4 nitrogen and oxygen atoms in total. The lowest BCUT2D eigenvalue weighted by atomic mass is 9.94. The molecule has 0 unspecified atom stereocenters. The molecule has 2 aliphatic rings. The molecule has 9 heteroatoms. The van der Waals surface area contributed by atoms with E-state index in [9.17, 15) is 5.11 Å². The fourth-order valence-corrected chi connectivity index (χ4v) is 8.49. The van der Waals surface area contributed by atoms with E-state index < -0.39 is 0 Å². The minimum absolute atomic E-state index is 0.167. The molecule has 0 saturated carbocycles. The van der Waals surface area contributed by atoms with Gasteiger partial charge in [-0.1, -0.05) is 145 Å². The van der Waals surface area contributed by atoms with Crippen molar-refractivity contribution in [3.63, 3.8) is 0 Å². The first-order chi connectivity index (χ1) is 25.0. The molecule has 2 aliphatic heterocycles. The van der Waals surface area contributed by atoms with Crippen LogP contribution in [0.5, 0.6) is 0 Å². The van der Waals surface area contributed by atoms with Gasteiger partial charge in [0.25, 0.3) is 0 Å². The minimum Gasteiger partial charge on any atom is -0.390 e. The molecule has 2 fully saturated rings. The van der Waals surface area contributed by atoms with E-state index in [2.05, 4.69) is 119 Å². The zero-order chi connectivity index (χ0) is 35.4. The van der Waals surface area contributed by atoms with E-state index in [1.807, 2.05) is 35.0 Å². The van der Waals surface area contributed by atoms with Crippen molar-refractivity contribution in [1.82, 2.24) is 9.80 Å². The summed E-state index contributed by atoms with van der Waals surface area (Å²) in [6.45, 7) is 4.07. The van der Waals surface area contributed by atoms with Crippen molar-refractivity contribution < 1.29 is 9.84 Å². The van der Waals surface area contributed by atoms with Crippen molar-refractivity contribution in [1.29, 1.82) is 0 Å². The number of aliphatic hydroxyl groups excluding tert-OH is 1. The molecule has 0 atom stereocenters. The molecule has 6 aromatic rings. The maximum atomic E-state index is 9.52. The monoisotopic (exact) mass is 774 g/mol. The molecule has 4 heterocycles. The molecule has 4 aromatic carbocycles. The Morgan fingerprint density at radius 2 is 0.961 bits per heavy atom. The molecule has 0 amide bonds. The number of hydrogen-bond donors (Lipinski definition) is 1. The number of ether oxygens (including phenoxy) is 1. The summed E-state index contributed by atoms with van der Waals surface area (Å²) < 4.78 is 6.04. The summed E-state index contributed by atoms with van der Waals surface area (Å²) in [5.74, 6) is 0.567. The molecule has 0 spiro atoms. The first kappa shape index (κ1) is 37.7. The molecule has 51 heavy (non-hydrogen) atoms. The van der Waals surface area contributed by atoms with Crippen molar-refractivity contribution in [2.24, 2.45) is 0 Å². The Balaban J connectivity index is 0.000000150. The third-order valence-corrected chi connectivity index (χ3v) is 11.8. The maximum Gasteiger partial charge on any atom is 0.0834 e. The first-order valence-corrected chi connectivity index (χ1v) is 20.0. The predicted octanol–water partition coefficient (Wildman–Crippen LogP) is 11.0. The highest BCUT2D eigenvalue weighted by atomic mass is 35.5. The van der Waals surface area contributed by atoms with E-state index in [4.69, 9.17) is 39.5 Å². The molecule has 0 bridgehead atoms. The molecular formula is C42H41Cl3N2O2S2. The summed E-state index contributed by atoms with van der Waals surface area (Å²) in [6, 6.07) is 46.8. The predicted molar refractivity (Wildman–Crippen MR) is 215 cm³/mol. The lowest BCUT2D eigenvalue weighted by Gasteiger charge is -2.44. The molecule has 0 radical (unpaired) electrons. The minimum atomic E-state index is -0.167. The number of β-amino-alcohol motifs (C(OH)–C–C–N with tert-alkyl or cyclic N) is 1. The SMILES string of the molecule is ClCc1cc(Cl)cs1.Clc1csc(COC2CN(C(c3ccccc3)c3ccccc3)C2)c1.OC1CN(C(c2ccccc2)c2ccccc2)C1. The van der Waals surface area contributed by atoms with Gasteiger partial charge in [0.1, 0.15) is 0 Å². The number of halogens is 3. The Kier molecular flexibility index (Phi) is 14.2. The van der Waals surface area contributed by atoms with Crippen molar-refractivity contribution >= 4 is 57.5 Å². The quantitative estimate of drug-likeness (QED) is 0.141. The van der Waals surface area contributed by atoms with Crippen LogP contribution >= 0.6 is 57.5 Å². The summed E-state index contributed by atoms with van der Waals surface area (Å²) >= 11 is 20.3. The number of aliphatic hydroxyl groups is 1. The van der Waals surface area contributed by atoms with Crippen molar-refractivity contribution in [3.05, 3.63) is 186 Å². The van der Waals surface area contributed by atoms with Crippen LogP contribution in [0.3, 0.4) is 0 Å². The number of nitrogens with zero attached hydrogens (tertiary/aromatic N) is 2. The molecule has 1 N–H and O–H groups in total. The fourth-order valence-electron chi connectivity index (χ4n) is 6.31. The van der Waals surface area contributed by atoms with Crippen LogP contribution in [0, 0.1) is 0 Å². The molecule has 8 rings (SSSR count). The third-order valence-electron chi connectivity index (χ3n) is 8.79. The van der Waals surface area contributed by atoms with Gasteiger partial charge in [0.15, 0.2) is 0 Å². The number of rotatable bonds is 10. The smallest absolute Gasteiger partial charge is 0.0834 e. The third kappa shape index (κ3) is 10.8. The lowest BCUT2D eigenvalue weighted by molar-refractivity contribution is -0.0733.